The number of pyridine rings is 1. The highest BCUT2D eigenvalue weighted by molar-refractivity contribution is 6.00. The zero-order chi connectivity index (χ0) is 27.2. The van der Waals surface area contributed by atoms with E-state index in [0.29, 0.717) is 12.8 Å². The number of hydrogen-bond acceptors (Lipinski definition) is 6. The lowest BCUT2D eigenvalue weighted by Gasteiger charge is -2.40. The van der Waals surface area contributed by atoms with Crippen molar-refractivity contribution in [3.63, 3.8) is 0 Å². The number of carbonyl (C=O) groups is 2. The summed E-state index contributed by atoms with van der Waals surface area (Å²) in [5.41, 5.74) is 7.52. The van der Waals surface area contributed by atoms with Crippen LogP contribution in [0.1, 0.15) is 83.5 Å². The van der Waals surface area contributed by atoms with Gasteiger partial charge in [-0.15, -0.1) is 0 Å². The first-order valence-electron chi connectivity index (χ1n) is 13.8. The number of nitrogens with zero attached hydrogens (tertiary/aromatic N) is 3. The van der Waals surface area contributed by atoms with Crippen molar-refractivity contribution in [2.24, 2.45) is 28.5 Å². The molecule has 3 heterocycles. The van der Waals surface area contributed by atoms with Crippen molar-refractivity contribution >= 4 is 17.8 Å². The topological polar surface area (TPSA) is 110 Å². The summed E-state index contributed by atoms with van der Waals surface area (Å²) in [5.74, 6) is 0.684. The van der Waals surface area contributed by atoms with Gasteiger partial charge in [-0.05, 0) is 56.2 Å². The Morgan fingerprint density at radius 1 is 1.21 bits per heavy atom. The Balaban J connectivity index is 1.43. The summed E-state index contributed by atoms with van der Waals surface area (Å²) in [7, 11) is 0. The van der Waals surface area contributed by atoms with E-state index in [2.05, 4.69) is 17.2 Å². The molecule has 2 aromatic rings. The summed E-state index contributed by atoms with van der Waals surface area (Å²) < 4.78 is 6.15. The standard InChI is InChI=1S/C30H39N5O3/c1-6-30(7-2)16-23(36)35(28(31)34-30)26(19-11-10-14-32-17-19)24-18(3)25(24)27(37)33-21-15-29(4,5)38-22-13-9-8-12-20(21)22/h8-14,17-18,21,24-26H,6-7,15-16H2,1-5H3,(H2,31,34)(H,33,37)/t18?,21-,24-,25-,26+/m0/s1. The minimum Gasteiger partial charge on any atom is -0.487 e. The number of amides is 2. The molecule has 1 fully saturated rings. The van der Waals surface area contributed by atoms with E-state index in [9.17, 15) is 9.59 Å². The zero-order valence-electron chi connectivity index (χ0n) is 23.0. The Morgan fingerprint density at radius 3 is 2.61 bits per heavy atom. The average Bonchev–Trinajstić information content (AvgIpc) is 3.55. The van der Waals surface area contributed by atoms with Crippen molar-refractivity contribution in [3.8, 4) is 5.75 Å². The van der Waals surface area contributed by atoms with E-state index < -0.39 is 17.2 Å². The summed E-state index contributed by atoms with van der Waals surface area (Å²) in [5, 5.41) is 3.32. The van der Waals surface area contributed by atoms with Gasteiger partial charge in [0.25, 0.3) is 0 Å². The Kier molecular flexibility index (Phi) is 6.70. The molecule has 3 N–H and O–H groups in total. The van der Waals surface area contributed by atoms with E-state index >= 15 is 0 Å². The monoisotopic (exact) mass is 517 g/mol. The highest BCUT2D eigenvalue weighted by Gasteiger charge is 2.59. The quantitative estimate of drug-likeness (QED) is 0.561. The van der Waals surface area contributed by atoms with Crippen LogP contribution in [0.3, 0.4) is 0 Å². The molecule has 1 saturated carbocycles. The van der Waals surface area contributed by atoms with Gasteiger partial charge in [-0.1, -0.05) is 45.0 Å². The van der Waals surface area contributed by atoms with Crippen LogP contribution in [-0.2, 0) is 9.59 Å². The van der Waals surface area contributed by atoms with Gasteiger partial charge in [0, 0.05) is 30.3 Å². The number of ether oxygens (including phenoxy) is 1. The molecular formula is C30H39N5O3. The predicted octanol–water partition coefficient (Wildman–Crippen LogP) is 4.53. The lowest BCUT2D eigenvalue weighted by atomic mass is 9.87. The normalized spacial score (nSPS) is 28.0. The number of rotatable bonds is 7. The van der Waals surface area contributed by atoms with Crippen molar-refractivity contribution in [1.29, 1.82) is 0 Å². The second-order valence-electron chi connectivity index (χ2n) is 11.7. The fourth-order valence-electron chi connectivity index (χ4n) is 6.47. The summed E-state index contributed by atoms with van der Waals surface area (Å²) in [6.07, 6.45) is 5.95. The Bertz CT molecular complexity index is 1240. The van der Waals surface area contributed by atoms with Crippen molar-refractivity contribution in [2.45, 2.75) is 83.5 Å². The molecule has 0 spiro atoms. The number of aromatic nitrogens is 1. The SMILES string of the molecule is CCC1(CC)CC(=O)N([C@H](c2cccnc2)[C@H]2C(C)[C@@H]2C(=O)N[C@H]2CC(C)(C)Oc3ccccc32)C(N)=N1. The number of carbonyl (C=O) groups excluding carboxylic acids is 2. The van der Waals surface area contributed by atoms with Crippen LogP contribution in [0.4, 0.5) is 0 Å². The predicted molar refractivity (Wildman–Crippen MR) is 146 cm³/mol. The molecule has 1 aromatic carbocycles. The van der Waals surface area contributed by atoms with Gasteiger partial charge in [-0.2, -0.15) is 0 Å². The molecule has 5 atom stereocenters. The maximum atomic E-state index is 13.8. The molecule has 1 aliphatic carbocycles. The van der Waals surface area contributed by atoms with Crippen LogP contribution < -0.4 is 15.8 Å². The summed E-state index contributed by atoms with van der Waals surface area (Å²) >= 11 is 0. The van der Waals surface area contributed by atoms with Crippen molar-refractivity contribution < 1.29 is 14.3 Å². The van der Waals surface area contributed by atoms with Crippen LogP contribution in [0.2, 0.25) is 0 Å². The van der Waals surface area contributed by atoms with Crippen LogP contribution in [0.5, 0.6) is 5.75 Å². The van der Waals surface area contributed by atoms with Crippen LogP contribution >= 0.6 is 0 Å². The maximum Gasteiger partial charge on any atom is 0.232 e. The van der Waals surface area contributed by atoms with E-state index in [1.54, 1.807) is 17.3 Å². The number of aliphatic imine (C=N–C) groups is 1. The average molecular weight is 518 g/mol. The molecular weight excluding hydrogens is 478 g/mol. The summed E-state index contributed by atoms with van der Waals surface area (Å²) in [4.78, 5) is 38.2. The van der Waals surface area contributed by atoms with Gasteiger partial charge in [0.1, 0.15) is 11.4 Å². The number of fused-ring (bicyclic) bond motifs is 1. The molecule has 8 heteroatoms. The fourth-order valence-corrected chi connectivity index (χ4v) is 6.47. The second kappa shape index (κ2) is 9.71. The molecule has 38 heavy (non-hydrogen) atoms. The van der Waals surface area contributed by atoms with Crippen LogP contribution in [0.15, 0.2) is 53.8 Å². The molecule has 0 radical (unpaired) electrons. The number of benzene rings is 1. The Labute approximate surface area is 225 Å². The molecule has 5 rings (SSSR count). The number of hydrogen-bond donors (Lipinski definition) is 2. The number of nitrogens with two attached hydrogens (primary N) is 1. The molecule has 0 bridgehead atoms. The smallest absolute Gasteiger partial charge is 0.232 e. The van der Waals surface area contributed by atoms with Gasteiger partial charge in [0.05, 0.1) is 24.0 Å². The Hall–Kier alpha value is -3.42. The van der Waals surface area contributed by atoms with Crippen LogP contribution in [0, 0.1) is 17.8 Å². The van der Waals surface area contributed by atoms with E-state index in [1.165, 1.54) is 0 Å². The third-order valence-electron chi connectivity index (χ3n) is 8.78. The first-order chi connectivity index (χ1) is 18.1. The van der Waals surface area contributed by atoms with Gasteiger partial charge < -0.3 is 15.8 Å². The number of nitrogens with one attached hydrogen (secondary N) is 1. The molecule has 2 amide bonds. The number of para-hydroxylation sites is 1. The van der Waals surface area contributed by atoms with Crippen molar-refractivity contribution in [3.05, 3.63) is 59.9 Å². The lowest BCUT2D eigenvalue weighted by molar-refractivity contribution is -0.132. The highest BCUT2D eigenvalue weighted by Crippen LogP contribution is 2.56. The minimum absolute atomic E-state index is 0.00896. The van der Waals surface area contributed by atoms with Gasteiger partial charge in [-0.25, -0.2) is 4.99 Å². The largest absolute Gasteiger partial charge is 0.487 e. The van der Waals surface area contributed by atoms with Gasteiger partial charge >= 0.3 is 0 Å². The van der Waals surface area contributed by atoms with E-state index in [-0.39, 0.29) is 41.6 Å². The van der Waals surface area contributed by atoms with E-state index in [0.717, 1.165) is 29.7 Å². The molecule has 1 unspecified atom stereocenters. The lowest BCUT2D eigenvalue weighted by Crippen LogP contribution is -2.53. The van der Waals surface area contributed by atoms with Crippen LogP contribution in [0.25, 0.3) is 0 Å². The second-order valence-corrected chi connectivity index (χ2v) is 11.7. The molecule has 1 aromatic heterocycles. The molecule has 2 aliphatic heterocycles. The first-order valence-corrected chi connectivity index (χ1v) is 13.8. The van der Waals surface area contributed by atoms with Gasteiger partial charge in [0.15, 0.2) is 5.96 Å². The molecule has 0 saturated heterocycles. The van der Waals surface area contributed by atoms with E-state index in [4.69, 9.17) is 15.5 Å². The highest BCUT2D eigenvalue weighted by atomic mass is 16.5. The minimum atomic E-state index is -0.466. The zero-order valence-corrected chi connectivity index (χ0v) is 23.0. The molecule has 202 valence electrons. The Morgan fingerprint density at radius 2 is 1.95 bits per heavy atom. The summed E-state index contributed by atoms with van der Waals surface area (Å²) in [6.45, 7) is 10.2. The maximum absolute atomic E-state index is 13.8. The molecule has 3 aliphatic rings. The van der Waals surface area contributed by atoms with Gasteiger partial charge in [-0.3, -0.25) is 19.5 Å². The van der Waals surface area contributed by atoms with Gasteiger partial charge in [0.2, 0.25) is 11.8 Å². The molecule has 8 nitrogen and oxygen atoms in total. The third kappa shape index (κ3) is 4.65. The fraction of sp³-hybridized carbons (Fsp3) is 0.533. The van der Waals surface area contributed by atoms with Crippen molar-refractivity contribution in [1.82, 2.24) is 15.2 Å². The number of guanidine groups is 1. The third-order valence-corrected chi connectivity index (χ3v) is 8.78. The van der Waals surface area contributed by atoms with Crippen LogP contribution in [-0.4, -0.2) is 38.8 Å². The first kappa shape index (κ1) is 26.2. The van der Waals surface area contributed by atoms with E-state index in [1.807, 2.05) is 64.1 Å². The summed E-state index contributed by atoms with van der Waals surface area (Å²) in [6, 6.07) is 11.1. The van der Waals surface area contributed by atoms with Crippen molar-refractivity contribution in [2.75, 3.05) is 0 Å².